The number of amides is 2. The van der Waals surface area contributed by atoms with Crippen molar-refractivity contribution in [3.63, 3.8) is 0 Å². The van der Waals surface area contributed by atoms with Crippen LogP contribution in [0.2, 0.25) is 0 Å². The molecule has 0 aromatic heterocycles. The number of carbonyl (C=O) groups is 1. The van der Waals surface area contributed by atoms with E-state index in [0.717, 1.165) is 25.0 Å². The molecular formula is C18H22N2O2. The molecule has 0 atom stereocenters. The summed E-state index contributed by atoms with van der Waals surface area (Å²) in [6.07, 6.45) is 3.06. The Hall–Kier alpha value is -2.49. The van der Waals surface area contributed by atoms with Crippen molar-refractivity contribution >= 4 is 6.03 Å². The number of unbranched alkanes of at least 4 members (excludes halogenated alkanes) is 1. The van der Waals surface area contributed by atoms with Gasteiger partial charge in [0, 0.05) is 6.54 Å². The van der Waals surface area contributed by atoms with Gasteiger partial charge in [-0.1, -0.05) is 48.5 Å². The highest BCUT2D eigenvalue weighted by molar-refractivity contribution is 5.73. The number of hydrogen-bond donors (Lipinski definition) is 2. The first-order valence-electron chi connectivity index (χ1n) is 7.58. The number of urea groups is 1. The van der Waals surface area contributed by atoms with E-state index < -0.39 is 0 Å². The Morgan fingerprint density at radius 3 is 2.27 bits per heavy atom. The summed E-state index contributed by atoms with van der Waals surface area (Å²) >= 11 is 0. The van der Waals surface area contributed by atoms with Gasteiger partial charge in [0.2, 0.25) is 0 Å². The standard InChI is InChI=1S/C18H22N2O2/c21-18(20-15-22-17-12-5-2-6-13-17)19-14-8-7-11-16-9-3-1-4-10-16/h1-6,9-10,12-13H,7-8,11,14-15H2,(H2,19,20,21). The lowest BCUT2D eigenvalue weighted by Gasteiger charge is -2.09. The highest BCUT2D eigenvalue weighted by atomic mass is 16.5. The molecule has 2 N–H and O–H groups in total. The Balaban J connectivity index is 1.49. The van der Waals surface area contributed by atoms with Crippen LogP contribution in [-0.2, 0) is 6.42 Å². The van der Waals surface area contributed by atoms with Crippen LogP contribution < -0.4 is 15.4 Å². The number of carbonyl (C=O) groups excluding carboxylic acids is 1. The molecule has 0 spiro atoms. The minimum atomic E-state index is -0.198. The van der Waals surface area contributed by atoms with Crippen LogP contribution in [0.5, 0.6) is 5.75 Å². The van der Waals surface area contributed by atoms with Crippen LogP contribution in [0.1, 0.15) is 18.4 Å². The molecule has 0 saturated carbocycles. The van der Waals surface area contributed by atoms with Gasteiger partial charge in [0.25, 0.3) is 0 Å². The Labute approximate surface area is 131 Å². The number of benzene rings is 2. The molecular weight excluding hydrogens is 276 g/mol. The van der Waals surface area contributed by atoms with Gasteiger partial charge in [-0.2, -0.15) is 0 Å². The molecule has 4 nitrogen and oxygen atoms in total. The van der Waals surface area contributed by atoms with Crippen LogP contribution in [0.15, 0.2) is 60.7 Å². The van der Waals surface area contributed by atoms with Crippen molar-refractivity contribution in [3.05, 3.63) is 66.2 Å². The molecule has 0 aliphatic heterocycles. The van der Waals surface area contributed by atoms with E-state index in [1.807, 2.05) is 48.5 Å². The quantitative estimate of drug-likeness (QED) is 0.580. The van der Waals surface area contributed by atoms with E-state index in [2.05, 4.69) is 22.8 Å². The third-order valence-electron chi connectivity index (χ3n) is 3.24. The molecule has 2 aromatic rings. The molecule has 0 unspecified atom stereocenters. The molecule has 2 rings (SSSR count). The Bertz CT molecular complexity index is 544. The summed E-state index contributed by atoms with van der Waals surface area (Å²) in [4.78, 5) is 11.6. The summed E-state index contributed by atoms with van der Waals surface area (Å²) in [7, 11) is 0. The topological polar surface area (TPSA) is 50.4 Å². The van der Waals surface area contributed by atoms with Crippen molar-refractivity contribution in [2.75, 3.05) is 13.3 Å². The van der Waals surface area contributed by atoms with Gasteiger partial charge in [-0.15, -0.1) is 0 Å². The van der Waals surface area contributed by atoms with Gasteiger partial charge >= 0.3 is 6.03 Å². The van der Waals surface area contributed by atoms with Crippen molar-refractivity contribution in [2.45, 2.75) is 19.3 Å². The molecule has 2 aromatic carbocycles. The number of hydrogen-bond acceptors (Lipinski definition) is 2. The van der Waals surface area contributed by atoms with Crippen molar-refractivity contribution < 1.29 is 9.53 Å². The molecule has 0 aliphatic carbocycles. The number of para-hydroxylation sites is 1. The van der Waals surface area contributed by atoms with Crippen LogP contribution in [0.25, 0.3) is 0 Å². The highest BCUT2D eigenvalue weighted by Gasteiger charge is 1.99. The number of aryl methyl sites for hydroxylation is 1. The Morgan fingerprint density at radius 2 is 1.55 bits per heavy atom. The maximum Gasteiger partial charge on any atom is 0.317 e. The van der Waals surface area contributed by atoms with Gasteiger partial charge in [0.05, 0.1) is 0 Å². The zero-order valence-corrected chi connectivity index (χ0v) is 12.6. The van der Waals surface area contributed by atoms with E-state index in [4.69, 9.17) is 4.74 Å². The first-order valence-corrected chi connectivity index (χ1v) is 7.58. The minimum Gasteiger partial charge on any atom is -0.473 e. The van der Waals surface area contributed by atoms with Crippen LogP contribution in [0.4, 0.5) is 4.79 Å². The van der Waals surface area contributed by atoms with Crippen molar-refractivity contribution in [2.24, 2.45) is 0 Å². The molecule has 0 heterocycles. The third-order valence-corrected chi connectivity index (χ3v) is 3.24. The lowest BCUT2D eigenvalue weighted by atomic mass is 10.1. The summed E-state index contributed by atoms with van der Waals surface area (Å²) < 4.78 is 5.39. The lowest BCUT2D eigenvalue weighted by Crippen LogP contribution is -2.38. The maximum atomic E-state index is 11.6. The molecule has 22 heavy (non-hydrogen) atoms. The van der Waals surface area contributed by atoms with E-state index in [-0.39, 0.29) is 12.8 Å². The van der Waals surface area contributed by atoms with Gasteiger partial charge in [0.1, 0.15) is 5.75 Å². The summed E-state index contributed by atoms with van der Waals surface area (Å²) in [5.74, 6) is 0.741. The van der Waals surface area contributed by atoms with Crippen molar-refractivity contribution in [3.8, 4) is 5.75 Å². The zero-order valence-electron chi connectivity index (χ0n) is 12.6. The second kappa shape index (κ2) is 9.45. The molecule has 0 fully saturated rings. The van der Waals surface area contributed by atoms with E-state index in [9.17, 15) is 4.79 Å². The largest absolute Gasteiger partial charge is 0.473 e. The fourth-order valence-corrected chi connectivity index (χ4v) is 2.06. The molecule has 2 amide bonds. The average Bonchev–Trinajstić information content (AvgIpc) is 2.56. The SMILES string of the molecule is O=C(NCCCCc1ccccc1)NCOc1ccccc1. The Morgan fingerprint density at radius 1 is 0.864 bits per heavy atom. The van der Waals surface area contributed by atoms with Gasteiger partial charge in [-0.25, -0.2) is 4.79 Å². The highest BCUT2D eigenvalue weighted by Crippen LogP contribution is 2.07. The van der Waals surface area contributed by atoms with E-state index in [1.165, 1.54) is 5.56 Å². The van der Waals surface area contributed by atoms with E-state index in [1.54, 1.807) is 0 Å². The average molecular weight is 298 g/mol. The lowest BCUT2D eigenvalue weighted by molar-refractivity contribution is 0.224. The van der Waals surface area contributed by atoms with Gasteiger partial charge < -0.3 is 15.4 Å². The van der Waals surface area contributed by atoms with E-state index >= 15 is 0 Å². The zero-order chi connectivity index (χ0) is 15.5. The predicted molar refractivity (Wildman–Crippen MR) is 87.9 cm³/mol. The van der Waals surface area contributed by atoms with Gasteiger partial charge in [-0.3, -0.25) is 0 Å². The first kappa shape index (κ1) is 15.9. The molecule has 0 saturated heterocycles. The fourth-order valence-electron chi connectivity index (χ4n) is 2.06. The second-order valence-corrected chi connectivity index (χ2v) is 4.98. The van der Waals surface area contributed by atoms with Crippen LogP contribution >= 0.6 is 0 Å². The first-order chi connectivity index (χ1) is 10.8. The molecule has 0 aliphatic rings. The fraction of sp³-hybridized carbons (Fsp3) is 0.278. The third kappa shape index (κ3) is 6.31. The predicted octanol–water partition coefficient (Wildman–Crippen LogP) is 3.35. The monoisotopic (exact) mass is 298 g/mol. The van der Waals surface area contributed by atoms with Crippen LogP contribution in [0, 0.1) is 0 Å². The van der Waals surface area contributed by atoms with Gasteiger partial charge in [-0.05, 0) is 37.0 Å². The second-order valence-electron chi connectivity index (χ2n) is 4.98. The van der Waals surface area contributed by atoms with Crippen molar-refractivity contribution in [1.82, 2.24) is 10.6 Å². The van der Waals surface area contributed by atoms with Gasteiger partial charge in [0.15, 0.2) is 6.73 Å². The molecule has 4 heteroatoms. The minimum absolute atomic E-state index is 0.167. The summed E-state index contributed by atoms with van der Waals surface area (Å²) in [6, 6.07) is 19.6. The number of ether oxygens (including phenoxy) is 1. The molecule has 0 radical (unpaired) electrons. The van der Waals surface area contributed by atoms with Crippen LogP contribution in [-0.4, -0.2) is 19.3 Å². The number of nitrogens with one attached hydrogen (secondary N) is 2. The smallest absolute Gasteiger partial charge is 0.317 e. The Kier molecular flexibility index (Phi) is 6.82. The van der Waals surface area contributed by atoms with Crippen molar-refractivity contribution in [1.29, 1.82) is 0 Å². The molecule has 116 valence electrons. The molecule has 0 bridgehead atoms. The van der Waals surface area contributed by atoms with Crippen LogP contribution in [0.3, 0.4) is 0 Å². The van der Waals surface area contributed by atoms with E-state index in [0.29, 0.717) is 6.54 Å². The summed E-state index contributed by atoms with van der Waals surface area (Å²) in [6.45, 7) is 0.837. The number of rotatable bonds is 8. The normalized spacial score (nSPS) is 10.0. The summed E-state index contributed by atoms with van der Waals surface area (Å²) in [5.41, 5.74) is 1.34. The summed E-state index contributed by atoms with van der Waals surface area (Å²) in [5, 5.41) is 5.49. The maximum absolute atomic E-state index is 11.6.